The first-order chi connectivity index (χ1) is 12.3. The van der Waals surface area contributed by atoms with Crippen LogP contribution in [0, 0.1) is 41.4 Å². The average Bonchev–Trinajstić information content (AvgIpc) is 2.88. The molecule has 4 nitrogen and oxygen atoms in total. The Hall–Kier alpha value is -1.89. The van der Waals surface area contributed by atoms with Crippen molar-refractivity contribution in [2.24, 2.45) is 29.1 Å². The quantitative estimate of drug-likeness (QED) is 0.536. The average molecular weight is 354 g/mol. The molecule has 3 saturated carbocycles. The van der Waals surface area contributed by atoms with Crippen LogP contribution in [0.3, 0.4) is 0 Å². The lowest BCUT2D eigenvalue weighted by atomic mass is 9.50. The molecule has 4 aliphatic carbocycles. The Bertz CT molecular complexity index is 757. The molecule has 138 valence electrons. The first-order valence-corrected chi connectivity index (χ1v) is 9.76. The number of esters is 1. The van der Waals surface area contributed by atoms with Gasteiger partial charge in [0.25, 0.3) is 0 Å². The minimum atomic E-state index is -0.851. The number of carbonyl (C=O) groups excluding carboxylic acids is 3. The summed E-state index contributed by atoms with van der Waals surface area (Å²) in [4.78, 5) is 36.3. The van der Waals surface area contributed by atoms with Crippen LogP contribution in [0.4, 0.5) is 0 Å². The van der Waals surface area contributed by atoms with Gasteiger partial charge in [0.15, 0.2) is 17.2 Å². The lowest BCUT2D eigenvalue weighted by Gasteiger charge is -2.54. The lowest BCUT2D eigenvalue weighted by Crippen LogP contribution is -2.54. The Morgan fingerprint density at radius 2 is 2.00 bits per heavy atom. The maximum Gasteiger partial charge on any atom is 0.304 e. The van der Waals surface area contributed by atoms with E-state index < -0.39 is 5.60 Å². The first-order valence-electron chi connectivity index (χ1n) is 9.76. The molecule has 4 unspecified atom stereocenters. The number of rotatable bonds is 1. The summed E-state index contributed by atoms with van der Waals surface area (Å²) in [6, 6.07) is 0. The second-order valence-corrected chi connectivity index (χ2v) is 8.83. The molecular formula is C22H26O4. The number of Topliss-reactive ketones (excluding diaryl/α,β-unsaturated/α-hetero) is 1. The number of hydrogen-bond acceptors (Lipinski definition) is 4. The van der Waals surface area contributed by atoms with Gasteiger partial charge in [-0.3, -0.25) is 14.4 Å². The third kappa shape index (κ3) is 2.25. The van der Waals surface area contributed by atoms with Gasteiger partial charge in [0.1, 0.15) is 0 Å². The molecule has 0 aromatic heterocycles. The van der Waals surface area contributed by atoms with Crippen molar-refractivity contribution in [1.82, 2.24) is 0 Å². The van der Waals surface area contributed by atoms with Crippen molar-refractivity contribution in [1.29, 1.82) is 0 Å². The Morgan fingerprint density at radius 3 is 2.69 bits per heavy atom. The molecular weight excluding hydrogens is 328 g/mol. The lowest BCUT2D eigenvalue weighted by molar-refractivity contribution is -0.168. The van der Waals surface area contributed by atoms with E-state index in [1.807, 2.05) is 0 Å². The predicted octanol–water partition coefficient (Wildman–Crippen LogP) is 3.24. The van der Waals surface area contributed by atoms with Gasteiger partial charge >= 0.3 is 5.97 Å². The molecule has 26 heavy (non-hydrogen) atoms. The standard InChI is InChI=1S/C22H26O4/c1-4-22(26-13(2)23)10-8-19-17-12-20(25)18-11-14(24)5-6-15(18)16(17)7-9-21(19,22)3/h1,11,15-17,19H,5-10,12H2,2-3H3/t15?,16?,17?,19?,21-,22-/m0/s1. The van der Waals surface area contributed by atoms with Crippen LogP contribution in [-0.4, -0.2) is 23.1 Å². The molecule has 0 aromatic carbocycles. The fourth-order valence-electron chi connectivity index (χ4n) is 6.66. The van der Waals surface area contributed by atoms with Crippen molar-refractivity contribution < 1.29 is 19.1 Å². The Kier molecular flexibility index (Phi) is 3.91. The SMILES string of the molecule is C#C[C@]1(OC(C)=O)CCC2C3CC(=O)C4=CC(=O)CCC4C3CC[C@@]21C. The van der Waals surface area contributed by atoms with Crippen LogP contribution in [0.2, 0.25) is 0 Å². The van der Waals surface area contributed by atoms with Crippen molar-refractivity contribution in [2.75, 3.05) is 0 Å². The van der Waals surface area contributed by atoms with Crippen LogP contribution in [-0.2, 0) is 19.1 Å². The molecule has 0 aliphatic heterocycles. The highest BCUT2D eigenvalue weighted by molar-refractivity contribution is 6.05. The summed E-state index contributed by atoms with van der Waals surface area (Å²) in [5.41, 5.74) is -0.358. The van der Waals surface area contributed by atoms with E-state index in [1.165, 1.54) is 6.92 Å². The minimum absolute atomic E-state index is 0.0887. The van der Waals surface area contributed by atoms with Crippen LogP contribution in [0.5, 0.6) is 0 Å². The number of ether oxygens (including phenoxy) is 1. The highest BCUT2D eigenvalue weighted by Crippen LogP contribution is 2.65. The molecule has 4 rings (SSSR count). The zero-order valence-electron chi connectivity index (χ0n) is 15.5. The second-order valence-electron chi connectivity index (χ2n) is 8.83. The van der Waals surface area contributed by atoms with E-state index in [-0.39, 0.29) is 34.8 Å². The summed E-state index contributed by atoms with van der Waals surface area (Å²) < 4.78 is 5.73. The summed E-state index contributed by atoms with van der Waals surface area (Å²) in [6.07, 6.45) is 12.8. The first kappa shape index (κ1) is 17.5. The Labute approximate surface area is 154 Å². The normalized spacial score (nSPS) is 44.3. The summed E-state index contributed by atoms with van der Waals surface area (Å²) in [5, 5.41) is 0. The zero-order valence-corrected chi connectivity index (χ0v) is 15.5. The van der Waals surface area contributed by atoms with Crippen molar-refractivity contribution in [3.63, 3.8) is 0 Å². The third-order valence-electron chi connectivity index (χ3n) is 7.84. The number of terminal acetylenes is 1. The molecule has 4 heteroatoms. The molecule has 4 aliphatic rings. The zero-order chi connectivity index (χ0) is 18.7. The van der Waals surface area contributed by atoms with E-state index in [0.717, 1.165) is 31.3 Å². The highest BCUT2D eigenvalue weighted by Gasteiger charge is 2.64. The fourth-order valence-corrected chi connectivity index (χ4v) is 6.66. The van der Waals surface area contributed by atoms with E-state index in [0.29, 0.717) is 31.1 Å². The smallest absolute Gasteiger partial charge is 0.304 e. The van der Waals surface area contributed by atoms with Gasteiger partial charge in [-0.05, 0) is 61.9 Å². The highest BCUT2D eigenvalue weighted by atomic mass is 16.6. The largest absolute Gasteiger partial charge is 0.445 e. The second kappa shape index (κ2) is 5.81. The number of ketones is 2. The molecule has 0 spiro atoms. The van der Waals surface area contributed by atoms with Gasteiger partial charge in [0, 0.05) is 30.8 Å². The number of carbonyl (C=O) groups is 3. The monoisotopic (exact) mass is 354 g/mol. The van der Waals surface area contributed by atoms with Crippen LogP contribution >= 0.6 is 0 Å². The van der Waals surface area contributed by atoms with Crippen LogP contribution in [0.1, 0.15) is 58.8 Å². The number of fused-ring (bicyclic) bond motifs is 5. The van der Waals surface area contributed by atoms with Crippen molar-refractivity contribution in [3.8, 4) is 12.3 Å². The molecule has 0 N–H and O–H groups in total. The van der Waals surface area contributed by atoms with Crippen molar-refractivity contribution in [2.45, 2.75) is 64.4 Å². The van der Waals surface area contributed by atoms with Crippen molar-refractivity contribution >= 4 is 17.5 Å². The van der Waals surface area contributed by atoms with Gasteiger partial charge in [-0.15, -0.1) is 6.42 Å². The summed E-state index contributed by atoms with van der Waals surface area (Å²) >= 11 is 0. The Morgan fingerprint density at radius 1 is 1.23 bits per heavy atom. The third-order valence-corrected chi connectivity index (χ3v) is 7.84. The molecule has 0 saturated heterocycles. The van der Waals surface area contributed by atoms with Gasteiger partial charge in [-0.25, -0.2) is 0 Å². The van der Waals surface area contributed by atoms with E-state index in [4.69, 9.17) is 11.2 Å². The summed E-state index contributed by atoms with van der Waals surface area (Å²) in [7, 11) is 0. The molecule has 0 aromatic rings. The molecule has 0 radical (unpaired) electrons. The van der Waals surface area contributed by atoms with E-state index in [2.05, 4.69) is 12.8 Å². The van der Waals surface area contributed by atoms with Gasteiger partial charge in [-0.2, -0.15) is 0 Å². The summed E-state index contributed by atoms with van der Waals surface area (Å²) in [6.45, 7) is 3.57. The molecule has 3 fully saturated rings. The van der Waals surface area contributed by atoms with Gasteiger partial charge in [-0.1, -0.05) is 12.8 Å². The van der Waals surface area contributed by atoms with E-state index in [1.54, 1.807) is 6.08 Å². The Balaban J connectivity index is 1.69. The van der Waals surface area contributed by atoms with Crippen LogP contribution < -0.4 is 0 Å². The topological polar surface area (TPSA) is 60.4 Å². The van der Waals surface area contributed by atoms with Gasteiger partial charge in [0.2, 0.25) is 0 Å². The van der Waals surface area contributed by atoms with E-state index in [9.17, 15) is 14.4 Å². The fraction of sp³-hybridized carbons (Fsp3) is 0.682. The maximum absolute atomic E-state index is 12.8. The number of hydrogen-bond donors (Lipinski definition) is 0. The van der Waals surface area contributed by atoms with Crippen LogP contribution in [0.25, 0.3) is 0 Å². The molecule has 0 bridgehead atoms. The maximum atomic E-state index is 12.8. The summed E-state index contributed by atoms with van der Waals surface area (Å²) in [5.74, 6) is 3.96. The van der Waals surface area contributed by atoms with Gasteiger partial charge in [0.05, 0.1) is 0 Å². The van der Waals surface area contributed by atoms with Crippen LogP contribution in [0.15, 0.2) is 11.6 Å². The van der Waals surface area contributed by atoms with Crippen molar-refractivity contribution in [3.05, 3.63) is 11.6 Å². The molecule has 6 atom stereocenters. The van der Waals surface area contributed by atoms with E-state index >= 15 is 0 Å². The molecule has 0 amide bonds. The predicted molar refractivity (Wildman–Crippen MR) is 95.8 cm³/mol. The minimum Gasteiger partial charge on any atom is -0.445 e. The number of allylic oxidation sites excluding steroid dienone is 1. The van der Waals surface area contributed by atoms with Gasteiger partial charge < -0.3 is 4.74 Å². The molecule has 0 heterocycles.